The van der Waals surface area contributed by atoms with E-state index in [4.69, 9.17) is 9.37 Å². The average Bonchev–Trinajstić information content (AvgIpc) is 3.27. The Morgan fingerprint density at radius 3 is 2.81 bits per heavy atom. The number of nitro groups is 1. The number of nitrogens with zero attached hydrogens (tertiary/aromatic N) is 4. The first kappa shape index (κ1) is 20.6. The number of nitrogens with one attached hydrogen (secondary N) is 1. The number of ether oxygens (including phenoxy) is 1. The predicted molar refractivity (Wildman–Crippen MR) is 114 cm³/mol. The van der Waals surface area contributed by atoms with E-state index < -0.39 is 11.0 Å². The minimum absolute atomic E-state index is 0.0474. The molecule has 1 atom stereocenters. The second-order valence-electron chi connectivity index (χ2n) is 7.31. The van der Waals surface area contributed by atoms with Crippen molar-refractivity contribution in [2.45, 2.75) is 38.8 Å². The molecule has 1 fully saturated rings. The Balaban J connectivity index is 1.77. The molecule has 1 N–H and O–H groups in total. The third-order valence-corrected chi connectivity index (χ3v) is 5.37. The largest absolute Gasteiger partial charge is 0.464 e. The number of carbonyl (C=O) groups excluding carboxylic acids is 1. The van der Waals surface area contributed by atoms with Crippen LogP contribution >= 0.6 is 0 Å². The van der Waals surface area contributed by atoms with Gasteiger partial charge < -0.3 is 15.0 Å². The zero-order chi connectivity index (χ0) is 21.8. The van der Waals surface area contributed by atoms with Crippen molar-refractivity contribution in [3.8, 4) is 0 Å². The Morgan fingerprint density at radius 1 is 1.29 bits per heavy atom. The number of benzene rings is 2. The van der Waals surface area contributed by atoms with E-state index >= 15 is 0 Å². The Hall–Kier alpha value is -3.69. The molecule has 0 saturated carbocycles. The maximum atomic E-state index is 12.6. The summed E-state index contributed by atoms with van der Waals surface area (Å²) in [6.45, 7) is 3.04. The Labute approximate surface area is 178 Å². The molecule has 4 rings (SSSR count). The molecule has 1 saturated heterocycles. The van der Waals surface area contributed by atoms with Crippen LogP contribution in [-0.4, -0.2) is 40.4 Å². The number of hydrogen-bond acceptors (Lipinski definition) is 9. The molecule has 0 spiro atoms. The van der Waals surface area contributed by atoms with Crippen LogP contribution < -0.4 is 10.2 Å². The second-order valence-corrected chi connectivity index (χ2v) is 7.31. The van der Waals surface area contributed by atoms with Crippen LogP contribution in [0.2, 0.25) is 0 Å². The molecule has 0 amide bonds. The molecule has 162 valence electrons. The number of anilines is 2. The summed E-state index contributed by atoms with van der Waals surface area (Å²) in [4.78, 5) is 25.8. The van der Waals surface area contributed by atoms with Crippen molar-refractivity contribution in [3.63, 3.8) is 0 Å². The maximum absolute atomic E-state index is 12.6. The third kappa shape index (κ3) is 4.14. The first-order valence-electron chi connectivity index (χ1n) is 10.2. The number of piperidine rings is 1. The van der Waals surface area contributed by atoms with Gasteiger partial charge in [0.1, 0.15) is 11.7 Å². The quantitative estimate of drug-likeness (QED) is 0.343. The Bertz CT molecular complexity index is 1080. The van der Waals surface area contributed by atoms with Gasteiger partial charge in [0.05, 0.1) is 17.2 Å². The van der Waals surface area contributed by atoms with Crippen molar-refractivity contribution in [1.29, 1.82) is 0 Å². The molecule has 3 aromatic rings. The summed E-state index contributed by atoms with van der Waals surface area (Å²) in [5, 5.41) is 22.7. The lowest BCUT2D eigenvalue weighted by Gasteiger charge is -2.35. The van der Waals surface area contributed by atoms with Crippen LogP contribution in [0.1, 0.15) is 31.7 Å². The van der Waals surface area contributed by atoms with Crippen molar-refractivity contribution < 1.29 is 19.1 Å². The average molecular weight is 425 g/mol. The third-order valence-electron chi connectivity index (χ3n) is 5.37. The van der Waals surface area contributed by atoms with Gasteiger partial charge in [0, 0.05) is 13.1 Å². The van der Waals surface area contributed by atoms with Gasteiger partial charge in [0.2, 0.25) is 5.52 Å². The van der Waals surface area contributed by atoms with Crippen LogP contribution in [0.3, 0.4) is 0 Å². The normalized spacial score (nSPS) is 16.3. The van der Waals surface area contributed by atoms with Crippen LogP contribution in [0.5, 0.6) is 0 Å². The molecule has 10 nitrogen and oxygen atoms in total. The number of rotatable bonds is 7. The summed E-state index contributed by atoms with van der Waals surface area (Å²) in [5.41, 5.74) is 1.93. The van der Waals surface area contributed by atoms with Gasteiger partial charge in [-0.15, -0.1) is 0 Å². The van der Waals surface area contributed by atoms with Crippen molar-refractivity contribution in [2.75, 3.05) is 23.4 Å². The SMILES string of the molecule is CCOC(=O)C1CCCCN1c1cc(NCc2ccccc2)c([N+](=O)[O-])c2nonc12. The molecule has 1 unspecified atom stereocenters. The van der Waals surface area contributed by atoms with Crippen LogP contribution in [0.15, 0.2) is 41.0 Å². The van der Waals surface area contributed by atoms with Gasteiger partial charge in [0.25, 0.3) is 0 Å². The minimum atomic E-state index is -0.497. The summed E-state index contributed by atoms with van der Waals surface area (Å²) in [7, 11) is 0. The van der Waals surface area contributed by atoms with Crippen molar-refractivity contribution in [2.24, 2.45) is 0 Å². The fraction of sp³-hybridized carbons (Fsp3) is 0.381. The molecule has 0 aliphatic carbocycles. The number of carbonyl (C=O) groups is 1. The van der Waals surface area contributed by atoms with Crippen LogP contribution in [0.4, 0.5) is 17.1 Å². The first-order chi connectivity index (χ1) is 15.1. The van der Waals surface area contributed by atoms with Crippen molar-refractivity contribution >= 4 is 34.1 Å². The van der Waals surface area contributed by atoms with E-state index in [-0.39, 0.29) is 29.3 Å². The van der Waals surface area contributed by atoms with Gasteiger partial charge in [-0.1, -0.05) is 30.3 Å². The van der Waals surface area contributed by atoms with E-state index in [1.807, 2.05) is 35.2 Å². The molecular formula is C21H23N5O5. The van der Waals surface area contributed by atoms with E-state index in [0.717, 1.165) is 18.4 Å². The Morgan fingerprint density at radius 2 is 2.06 bits per heavy atom. The highest BCUT2D eigenvalue weighted by atomic mass is 16.6. The highest BCUT2D eigenvalue weighted by Crippen LogP contribution is 2.40. The van der Waals surface area contributed by atoms with E-state index in [1.165, 1.54) is 0 Å². The number of nitro benzene ring substituents is 1. The Kier molecular flexibility index (Phi) is 5.96. The topological polar surface area (TPSA) is 124 Å². The van der Waals surface area contributed by atoms with Gasteiger partial charge in [-0.25, -0.2) is 9.42 Å². The number of esters is 1. The van der Waals surface area contributed by atoms with E-state index in [9.17, 15) is 14.9 Å². The summed E-state index contributed by atoms with van der Waals surface area (Å²) in [6, 6.07) is 10.7. The summed E-state index contributed by atoms with van der Waals surface area (Å²) in [6.07, 6.45) is 2.41. The summed E-state index contributed by atoms with van der Waals surface area (Å²) in [5.74, 6) is -0.316. The first-order valence-corrected chi connectivity index (χ1v) is 10.2. The summed E-state index contributed by atoms with van der Waals surface area (Å²) < 4.78 is 10.1. The summed E-state index contributed by atoms with van der Waals surface area (Å²) >= 11 is 0. The van der Waals surface area contributed by atoms with Gasteiger partial charge in [0.15, 0.2) is 5.52 Å². The van der Waals surface area contributed by atoms with Crippen LogP contribution in [0.25, 0.3) is 11.0 Å². The fourth-order valence-electron chi connectivity index (χ4n) is 3.95. The molecule has 2 heterocycles. The highest BCUT2D eigenvalue weighted by molar-refractivity contribution is 6.01. The molecule has 1 aliphatic rings. The molecule has 1 aromatic heterocycles. The van der Waals surface area contributed by atoms with E-state index in [1.54, 1.807) is 13.0 Å². The highest BCUT2D eigenvalue weighted by Gasteiger charge is 2.34. The lowest BCUT2D eigenvalue weighted by molar-refractivity contribution is -0.382. The zero-order valence-corrected chi connectivity index (χ0v) is 17.1. The van der Waals surface area contributed by atoms with E-state index in [2.05, 4.69) is 15.6 Å². The molecule has 0 bridgehead atoms. The van der Waals surface area contributed by atoms with Crippen LogP contribution in [-0.2, 0) is 16.1 Å². The molecule has 31 heavy (non-hydrogen) atoms. The molecule has 1 aliphatic heterocycles. The van der Waals surface area contributed by atoms with E-state index in [0.29, 0.717) is 30.9 Å². The van der Waals surface area contributed by atoms with Gasteiger partial charge in [-0.2, -0.15) is 0 Å². The standard InChI is InChI=1S/C21H23N5O5/c1-2-30-21(27)16-10-6-7-11-25(16)17-12-15(22-13-14-8-4-3-5-9-14)20(26(28)29)19-18(17)23-31-24-19/h3-5,8-9,12,16,22H,2,6-7,10-11,13H2,1H3. The number of aromatic nitrogens is 2. The fourth-order valence-corrected chi connectivity index (χ4v) is 3.95. The smallest absolute Gasteiger partial charge is 0.328 e. The maximum Gasteiger partial charge on any atom is 0.328 e. The number of hydrogen-bond donors (Lipinski definition) is 1. The minimum Gasteiger partial charge on any atom is -0.464 e. The second kappa shape index (κ2) is 8.99. The zero-order valence-electron chi connectivity index (χ0n) is 17.1. The molecular weight excluding hydrogens is 402 g/mol. The molecule has 2 aromatic carbocycles. The lowest BCUT2D eigenvalue weighted by Crippen LogP contribution is -2.45. The van der Waals surface area contributed by atoms with Crippen molar-refractivity contribution in [1.82, 2.24) is 10.3 Å². The number of fused-ring (bicyclic) bond motifs is 1. The monoisotopic (exact) mass is 425 g/mol. The molecule has 10 heteroatoms. The lowest BCUT2D eigenvalue weighted by atomic mass is 10.0. The van der Waals surface area contributed by atoms with Gasteiger partial charge >= 0.3 is 11.7 Å². The van der Waals surface area contributed by atoms with Crippen molar-refractivity contribution in [3.05, 3.63) is 52.1 Å². The molecule has 0 radical (unpaired) electrons. The van der Waals surface area contributed by atoms with Crippen LogP contribution in [0, 0.1) is 10.1 Å². The van der Waals surface area contributed by atoms with Gasteiger partial charge in [-0.05, 0) is 48.1 Å². The predicted octanol–water partition coefficient (Wildman–Crippen LogP) is 3.67. The van der Waals surface area contributed by atoms with Gasteiger partial charge in [-0.3, -0.25) is 10.1 Å².